The van der Waals surface area contributed by atoms with Crippen LogP contribution < -0.4 is 0 Å². The summed E-state index contributed by atoms with van der Waals surface area (Å²) in [6, 6.07) is 6.18. The molecule has 3 heterocycles. The van der Waals surface area contributed by atoms with Crippen LogP contribution in [0.1, 0.15) is 47.3 Å². The molecular formula is C20H22FN5O. The molecule has 1 aliphatic heterocycles. The summed E-state index contributed by atoms with van der Waals surface area (Å²) in [4.78, 5) is 15.0. The summed E-state index contributed by atoms with van der Waals surface area (Å²) in [5.74, 6) is -0.167. The molecule has 0 aliphatic carbocycles. The highest BCUT2D eigenvalue weighted by Gasteiger charge is 2.29. The Balaban J connectivity index is 1.58. The Hall–Kier alpha value is -2.96. The Bertz CT molecular complexity index is 947. The molecule has 2 aromatic heterocycles. The maximum Gasteiger partial charge on any atom is 0.257 e. The van der Waals surface area contributed by atoms with Crippen LogP contribution in [0.5, 0.6) is 0 Å². The van der Waals surface area contributed by atoms with Crippen LogP contribution >= 0.6 is 0 Å². The molecular weight excluding hydrogens is 345 g/mol. The van der Waals surface area contributed by atoms with Crippen molar-refractivity contribution in [3.63, 3.8) is 0 Å². The van der Waals surface area contributed by atoms with Gasteiger partial charge in [0.2, 0.25) is 0 Å². The molecule has 0 spiro atoms. The maximum absolute atomic E-state index is 13.6. The van der Waals surface area contributed by atoms with Crippen molar-refractivity contribution >= 4 is 5.91 Å². The van der Waals surface area contributed by atoms with E-state index in [4.69, 9.17) is 0 Å². The fourth-order valence-electron chi connectivity index (χ4n) is 3.84. The molecule has 27 heavy (non-hydrogen) atoms. The highest BCUT2D eigenvalue weighted by molar-refractivity contribution is 5.99. The van der Waals surface area contributed by atoms with E-state index in [-0.39, 0.29) is 17.6 Å². The first-order valence-corrected chi connectivity index (χ1v) is 9.28. The average molecular weight is 367 g/mol. The van der Waals surface area contributed by atoms with E-state index in [0.717, 1.165) is 25.0 Å². The Labute approximate surface area is 156 Å². The van der Waals surface area contributed by atoms with E-state index in [9.17, 15) is 9.18 Å². The van der Waals surface area contributed by atoms with Crippen LogP contribution in [0.3, 0.4) is 0 Å². The number of rotatable bonds is 4. The molecule has 1 aromatic carbocycles. The van der Waals surface area contributed by atoms with Gasteiger partial charge in [-0.1, -0.05) is 19.1 Å². The normalized spacial score (nSPS) is 17.3. The summed E-state index contributed by atoms with van der Waals surface area (Å²) in [5.41, 5.74) is 3.98. The molecule has 1 atom stereocenters. The number of carbonyl (C=O) groups is 1. The lowest BCUT2D eigenvalue weighted by atomic mass is 9.91. The number of carbonyl (C=O) groups excluding carboxylic acids is 1. The van der Waals surface area contributed by atoms with Crippen molar-refractivity contribution < 1.29 is 9.18 Å². The average Bonchev–Trinajstić information content (AvgIpc) is 3.36. The fraction of sp³-hybridized carbons (Fsp3) is 0.350. The largest absolute Gasteiger partial charge is 0.338 e. The SMILES string of the molecule is CCc1cn[nH]c1[C@H]1CCCN(C(=O)c2cn[nH]c2-c2cccc(F)c2)C1. The van der Waals surface area contributed by atoms with Crippen molar-refractivity contribution in [1.29, 1.82) is 0 Å². The Kier molecular flexibility index (Phi) is 4.75. The molecule has 1 aliphatic rings. The van der Waals surface area contributed by atoms with E-state index < -0.39 is 0 Å². The van der Waals surface area contributed by atoms with Gasteiger partial charge in [0.1, 0.15) is 5.82 Å². The lowest BCUT2D eigenvalue weighted by molar-refractivity contribution is 0.0706. The zero-order chi connectivity index (χ0) is 18.8. The summed E-state index contributed by atoms with van der Waals surface area (Å²) in [6.45, 7) is 3.46. The molecule has 2 N–H and O–H groups in total. The fourth-order valence-corrected chi connectivity index (χ4v) is 3.84. The van der Waals surface area contributed by atoms with Gasteiger partial charge in [-0.05, 0) is 37.0 Å². The second-order valence-corrected chi connectivity index (χ2v) is 6.92. The molecule has 1 saturated heterocycles. The van der Waals surface area contributed by atoms with Crippen molar-refractivity contribution in [2.45, 2.75) is 32.1 Å². The highest BCUT2D eigenvalue weighted by atomic mass is 19.1. The molecule has 3 aromatic rings. The van der Waals surface area contributed by atoms with Crippen LogP contribution in [0.25, 0.3) is 11.3 Å². The first-order valence-electron chi connectivity index (χ1n) is 9.28. The van der Waals surface area contributed by atoms with Gasteiger partial charge >= 0.3 is 0 Å². The van der Waals surface area contributed by atoms with Gasteiger partial charge in [0.15, 0.2) is 0 Å². The predicted octanol–water partition coefficient (Wildman–Crippen LogP) is 3.52. The topological polar surface area (TPSA) is 77.7 Å². The van der Waals surface area contributed by atoms with E-state index in [2.05, 4.69) is 27.3 Å². The first kappa shape index (κ1) is 17.5. The summed E-state index contributed by atoms with van der Waals surface area (Å²) in [5, 5.41) is 14.2. The van der Waals surface area contributed by atoms with Gasteiger partial charge in [0.25, 0.3) is 5.91 Å². The monoisotopic (exact) mass is 367 g/mol. The number of nitrogens with zero attached hydrogens (tertiary/aromatic N) is 3. The third kappa shape index (κ3) is 3.37. The summed E-state index contributed by atoms with van der Waals surface area (Å²) < 4.78 is 13.6. The molecule has 7 heteroatoms. The number of aromatic amines is 2. The Morgan fingerprint density at radius 2 is 2.15 bits per heavy atom. The third-order valence-electron chi connectivity index (χ3n) is 5.23. The van der Waals surface area contributed by atoms with Crippen LogP contribution in [0.15, 0.2) is 36.7 Å². The number of H-pyrrole nitrogens is 2. The lowest BCUT2D eigenvalue weighted by Gasteiger charge is -2.32. The van der Waals surface area contributed by atoms with Crippen molar-refractivity contribution in [2.75, 3.05) is 13.1 Å². The Morgan fingerprint density at radius 1 is 1.30 bits per heavy atom. The van der Waals surface area contributed by atoms with Crippen molar-refractivity contribution in [3.05, 3.63) is 59.3 Å². The molecule has 0 saturated carbocycles. The molecule has 4 rings (SSSR count). The van der Waals surface area contributed by atoms with E-state index in [1.807, 2.05) is 11.1 Å². The van der Waals surface area contributed by atoms with Gasteiger partial charge < -0.3 is 4.90 Å². The zero-order valence-corrected chi connectivity index (χ0v) is 15.2. The van der Waals surface area contributed by atoms with Crippen LogP contribution in [-0.2, 0) is 6.42 Å². The van der Waals surface area contributed by atoms with Crippen molar-refractivity contribution in [3.8, 4) is 11.3 Å². The lowest BCUT2D eigenvalue weighted by Crippen LogP contribution is -2.39. The first-order chi connectivity index (χ1) is 13.2. The number of amides is 1. The number of hydrogen-bond acceptors (Lipinski definition) is 3. The summed E-state index contributed by atoms with van der Waals surface area (Å²) >= 11 is 0. The molecule has 0 radical (unpaired) electrons. The standard InChI is InChI=1S/C20H22FN5O/c1-2-13-10-22-24-18(13)15-6-4-8-26(12-15)20(27)17-11-23-25-19(17)14-5-3-7-16(21)9-14/h3,5,7,9-11,15H,2,4,6,8,12H2,1H3,(H,22,24)(H,23,25)/t15-/m0/s1. The van der Waals surface area contributed by atoms with Crippen LogP contribution in [0.2, 0.25) is 0 Å². The second-order valence-electron chi connectivity index (χ2n) is 6.92. The predicted molar refractivity (Wildman–Crippen MR) is 99.8 cm³/mol. The van der Waals surface area contributed by atoms with E-state index in [1.54, 1.807) is 12.1 Å². The summed E-state index contributed by atoms with van der Waals surface area (Å²) in [6.07, 6.45) is 6.28. The summed E-state index contributed by atoms with van der Waals surface area (Å²) in [7, 11) is 0. The molecule has 0 unspecified atom stereocenters. The van der Waals surface area contributed by atoms with Crippen LogP contribution in [0, 0.1) is 5.82 Å². The van der Waals surface area contributed by atoms with E-state index in [1.165, 1.54) is 23.9 Å². The van der Waals surface area contributed by atoms with Crippen molar-refractivity contribution in [2.24, 2.45) is 0 Å². The number of benzene rings is 1. The molecule has 1 fully saturated rings. The second kappa shape index (κ2) is 7.34. The number of hydrogen-bond donors (Lipinski definition) is 2. The van der Waals surface area contributed by atoms with Gasteiger partial charge in [-0.2, -0.15) is 10.2 Å². The van der Waals surface area contributed by atoms with Crippen molar-refractivity contribution in [1.82, 2.24) is 25.3 Å². The zero-order valence-electron chi connectivity index (χ0n) is 15.2. The number of piperidine rings is 1. The smallest absolute Gasteiger partial charge is 0.257 e. The quantitative estimate of drug-likeness (QED) is 0.741. The van der Waals surface area contributed by atoms with Gasteiger partial charge in [-0.15, -0.1) is 0 Å². The van der Waals surface area contributed by atoms with E-state index in [0.29, 0.717) is 29.9 Å². The molecule has 6 nitrogen and oxygen atoms in total. The van der Waals surface area contributed by atoms with Crippen LogP contribution in [-0.4, -0.2) is 44.3 Å². The molecule has 140 valence electrons. The van der Waals surface area contributed by atoms with Gasteiger partial charge in [0.05, 0.1) is 23.7 Å². The Morgan fingerprint density at radius 3 is 2.96 bits per heavy atom. The minimum absolute atomic E-state index is 0.0784. The highest BCUT2D eigenvalue weighted by Crippen LogP contribution is 2.30. The van der Waals surface area contributed by atoms with E-state index >= 15 is 0 Å². The number of halogens is 1. The number of nitrogens with one attached hydrogen (secondary N) is 2. The number of aryl methyl sites for hydroxylation is 1. The minimum atomic E-state index is -0.343. The minimum Gasteiger partial charge on any atom is -0.338 e. The van der Waals surface area contributed by atoms with Gasteiger partial charge in [0, 0.05) is 30.3 Å². The number of aromatic nitrogens is 4. The van der Waals surface area contributed by atoms with Crippen LogP contribution in [0.4, 0.5) is 4.39 Å². The van der Waals surface area contributed by atoms with Gasteiger partial charge in [-0.25, -0.2) is 4.39 Å². The third-order valence-corrected chi connectivity index (χ3v) is 5.23. The van der Waals surface area contributed by atoms with Gasteiger partial charge in [-0.3, -0.25) is 15.0 Å². The number of likely N-dealkylation sites (tertiary alicyclic amines) is 1. The maximum atomic E-state index is 13.6. The molecule has 0 bridgehead atoms. The molecule has 1 amide bonds.